The van der Waals surface area contributed by atoms with Gasteiger partial charge in [-0.05, 0) is 23.1 Å². The second-order valence-corrected chi connectivity index (χ2v) is 6.56. The molecule has 0 radical (unpaired) electrons. The van der Waals surface area contributed by atoms with Gasteiger partial charge in [0.05, 0.1) is 18.8 Å². The Kier molecular flexibility index (Phi) is 4.41. The minimum atomic E-state index is -0.520. The summed E-state index contributed by atoms with van der Waals surface area (Å²) in [7, 11) is 1.37. The Bertz CT molecular complexity index is 455. The normalized spacial score (nSPS) is 14.1. The van der Waals surface area contributed by atoms with E-state index in [2.05, 4.69) is 0 Å². The van der Waals surface area contributed by atoms with E-state index in [1.165, 1.54) is 7.11 Å². The Labute approximate surface area is 115 Å². The molecule has 0 aliphatic carbocycles. The maximum Gasteiger partial charge on any atom is 0.337 e. The molecule has 3 nitrogen and oxygen atoms in total. The lowest BCUT2D eigenvalue weighted by Gasteiger charge is -2.39. The Morgan fingerprint density at radius 2 is 1.79 bits per heavy atom. The maximum absolute atomic E-state index is 11.6. The molecule has 1 rings (SSSR count). The fraction of sp³-hybridized carbons (Fsp3) is 0.562. The standard InChI is InChI=1S/C16H24O3/c1-15(2,3)14(18)16(4,5)12-9-7-8-11(10-12)13(17)19-6/h7-10,14,18H,1-6H3. The van der Waals surface area contributed by atoms with Crippen molar-refractivity contribution in [3.8, 4) is 0 Å². The topological polar surface area (TPSA) is 46.5 Å². The molecule has 1 aromatic carbocycles. The molecule has 0 saturated heterocycles. The summed E-state index contributed by atoms with van der Waals surface area (Å²) in [6, 6.07) is 7.26. The van der Waals surface area contributed by atoms with Crippen molar-refractivity contribution >= 4 is 5.97 Å². The van der Waals surface area contributed by atoms with Crippen LogP contribution in [-0.4, -0.2) is 24.3 Å². The zero-order valence-electron chi connectivity index (χ0n) is 12.7. The summed E-state index contributed by atoms with van der Waals surface area (Å²) < 4.78 is 4.73. The van der Waals surface area contributed by atoms with Crippen LogP contribution >= 0.6 is 0 Å². The number of carbonyl (C=O) groups is 1. The monoisotopic (exact) mass is 264 g/mol. The number of hydrogen-bond donors (Lipinski definition) is 1. The molecule has 0 amide bonds. The Balaban J connectivity index is 3.18. The zero-order chi connectivity index (χ0) is 14.8. The van der Waals surface area contributed by atoms with Gasteiger partial charge in [-0.15, -0.1) is 0 Å². The molecule has 0 aliphatic heterocycles. The Hall–Kier alpha value is -1.35. The van der Waals surface area contributed by atoms with Crippen LogP contribution in [0.25, 0.3) is 0 Å². The van der Waals surface area contributed by atoms with Gasteiger partial charge in [-0.25, -0.2) is 4.79 Å². The molecule has 1 unspecified atom stereocenters. The fourth-order valence-electron chi connectivity index (χ4n) is 2.41. The van der Waals surface area contributed by atoms with Gasteiger partial charge in [0.15, 0.2) is 0 Å². The lowest BCUT2D eigenvalue weighted by atomic mass is 9.69. The molecule has 0 saturated carbocycles. The van der Waals surface area contributed by atoms with E-state index in [-0.39, 0.29) is 11.4 Å². The van der Waals surface area contributed by atoms with E-state index in [0.29, 0.717) is 5.56 Å². The molecular formula is C16H24O3. The van der Waals surface area contributed by atoms with Crippen molar-refractivity contribution in [2.75, 3.05) is 7.11 Å². The van der Waals surface area contributed by atoms with Crippen LogP contribution in [0.3, 0.4) is 0 Å². The number of aliphatic hydroxyl groups excluding tert-OH is 1. The first-order valence-electron chi connectivity index (χ1n) is 6.47. The smallest absolute Gasteiger partial charge is 0.337 e. The van der Waals surface area contributed by atoms with E-state index in [4.69, 9.17) is 4.74 Å². The number of rotatable bonds is 3. The largest absolute Gasteiger partial charge is 0.465 e. The van der Waals surface area contributed by atoms with E-state index in [1.807, 2.05) is 46.8 Å². The third-order valence-electron chi connectivity index (χ3n) is 3.53. The average Bonchev–Trinajstić information content (AvgIpc) is 2.35. The van der Waals surface area contributed by atoms with E-state index >= 15 is 0 Å². The molecule has 0 aliphatic rings. The predicted octanol–water partition coefficient (Wildman–Crippen LogP) is 3.16. The number of ether oxygens (including phenoxy) is 1. The van der Waals surface area contributed by atoms with Crippen LogP contribution in [0.4, 0.5) is 0 Å². The molecule has 0 heterocycles. The summed E-state index contributed by atoms with van der Waals surface area (Å²) in [6.07, 6.45) is -0.520. The van der Waals surface area contributed by atoms with E-state index in [0.717, 1.165) is 5.56 Å². The quantitative estimate of drug-likeness (QED) is 0.853. The first kappa shape index (κ1) is 15.7. The number of carbonyl (C=O) groups excluding carboxylic acids is 1. The van der Waals surface area contributed by atoms with Crippen molar-refractivity contribution in [2.45, 2.75) is 46.1 Å². The molecular weight excluding hydrogens is 240 g/mol. The minimum Gasteiger partial charge on any atom is -0.465 e. The van der Waals surface area contributed by atoms with Crippen LogP contribution in [0, 0.1) is 5.41 Å². The van der Waals surface area contributed by atoms with Gasteiger partial charge in [0.2, 0.25) is 0 Å². The summed E-state index contributed by atoms with van der Waals surface area (Å²) >= 11 is 0. The summed E-state index contributed by atoms with van der Waals surface area (Å²) in [5, 5.41) is 10.5. The predicted molar refractivity (Wildman–Crippen MR) is 76.3 cm³/mol. The van der Waals surface area contributed by atoms with E-state index < -0.39 is 11.5 Å². The lowest BCUT2D eigenvalue weighted by Crippen LogP contribution is -2.43. The maximum atomic E-state index is 11.6. The van der Waals surface area contributed by atoms with Crippen LogP contribution in [-0.2, 0) is 10.2 Å². The van der Waals surface area contributed by atoms with Gasteiger partial charge in [-0.3, -0.25) is 0 Å². The molecule has 0 aromatic heterocycles. The zero-order valence-corrected chi connectivity index (χ0v) is 12.7. The van der Waals surface area contributed by atoms with Gasteiger partial charge >= 0.3 is 5.97 Å². The average molecular weight is 264 g/mol. The molecule has 0 fully saturated rings. The molecule has 0 bridgehead atoms. The first-order valence-corrected chi connectivity index (χ1v) is 6.47. The van der Waals surface area contributed by atoms with Crippen molar-refractivity contribution in [3.05, 3.63) is 35.4 Å². The number of benzene rings is 1. The van der Waals surface area contributed by atoms with Gasteiger partial charge < -0.3 is 9.84 Å². The fourth-order valence-corrected chi connectivity index (χ4v) is 2.41. The van der Waals surface area contributed by atoms with Crippen molar-refractivity contribution < 1.29 is 14.6 Å². The van der Waals surface area contributed by atoms with Crippen LogP contribution in [0.2, 0.25) is 0 Å². The SMILES string of the molecule is COC(=O)c1cccc(C(C)(C)C(O)C(C)(C)C)c1. The highest BCUT2D eigenvalue weighted by Gasteiger charge is 2.38. The summed E-state index contributed by atoms with van der Waals surface area (Å²) in [5.41, 5.74) is 0.763. The summed E-state index contributed by atoms with van der Waals surface area (Å²) in [5.74, 6) is -0.358. The van der Waals surface area contributed by atoms with E-state index in [1.54, 1.807) is 12.1 Å². The van der Waals surface area contributed by atoms with Gasteiger partial charge in [0.25, 0.3) is 0 Å². The van der Waals surface area contributed by atoms with Gasteiger partial charge in [-0.1, -0.05) is 46.8 Å². The lowest BCUT2D eigenvalue weighted by molar-refractivity contribution is 0.00540. The van der Waals surface area contributed by atoms with Crippen molar-refractivity contribution in [2.24, 2.45) is 5.41 Å². The molecule has 3 heteroatoms. The van der Waals surface area contributed by atoms with Crippen LogP contribution in [0.5, 0.6) is 0 Å². The number of hydrogen-bond acceptors (Lipinski definition) is 3. The van der Waals surface area contributed by atoms with Crippen molar-refractivity contribution in [1.82, 2.24) is 0 Å². The van der Waals surface area contributed by atoms with Crippen LogP contribution in [0.15, 0.2) is 24.3 Å². The highest BCUT2D eigenvalue weighted by atomic mass is 16.5. The minimum absolute atomic E-state index is 0.231. The second kappa shape index (κ2) is 5.33. The molecule has 1 atom stereocenters. The van der Waals surface area contributed by atoms with Gasteiger partial charge in [0, 0.05) is 5.41 Å². The number of methoxy groups -OCH3 is 1. The third-order valence-corrected chi connectivity index (χ3v) is 3.53. The van der Waals surface area contributed by atoms with Crippen LogP contribution < -0.4 is 0 Å². The molecule has 1 aromatic rings. The molecule has 19 heavy (non-hydrogen) atoms. The van der Waals surface area contributed by atoms with Gasteiger partial charge in [-0.2, -0.15) is 0 Å². The molecule has 106 valence electrons. The Morgan fingerprint density at radius 1 is 1.21 bits per heavy atom. The highest BCUT2D eigenvalue weighted by molar-refractivity contribution is 5.89. The summed E-state index contributed by atoms with van der Waals surface area (Å²) in [6.45, 7) is 9.98. The third kappa shape index (κ3) is 3.35. The van der Waals surface area contributed by atoms with Gasteiger partial charge in [0.1, 0.15) is 0 Å². The number of aliphatic hydroxyl groups is 1. The number of esters is 1. The first-order chi connectivity index (χ1) is 8.60. The molecule has 0 spiro atoms. The Morgan fingerprint density at radius 3 is 2.26 bits per heavy atom. The van der Waals surface area contributed by atoms with Crippen molar-refractivity contribution in [3.63, 3.8) is 0 Å². The molecule has 1 N–H and O–H groups in total. The second-order valence-electron chi connectivity index (χ2n) is 6.56. The van der Waals surface area contributed by atoms with Crippen molar-refractivity contribution in [1.29, 1.82) is 0 Å². The van der Waals surface area contributed by atoms with Crippen LogP contribution in [0.1, 0.15) is 50.5 Å². The van der Waals surface area contributed by atoms with E-state index in [9.17, 15) is 9.90 Å². The summed E-state index contributed by atoms with van der Waals surface area (Å²) in [4.78, 5) is 11.6. The highest BCUT2D eigenvalue weighted by Crippen LogP contribution is 2.36.